The van der Waals surface area contributed by atoms with E-state index in [2.05, 4.69) is 15.4 Å². The number of carbonyl (C=O) groups excluding carboxylic acids is 2. The van der Waals surface area contributed by atoms with Crippen molar-refractivity contribution >= 4 is 39.2 Å². The van der Waals surface area contributed by atoms with Crippen molar-refractivity contribution in [3.05, 3.63) is 59.6 Å². The zero-order valence-electron chi connectivity index (χ0n) is 16.0. The number of ether oxygens (including phenoxy) is 2. The van der Waals surface area contributed by atoms with Gasteiger partial charge in [0, 0.05) is 5.02 Å². The summed E-state index contributed by atoms with van der Waals surface area (Å²) in [5.41, 5.74) is 0.602. The van der Waals surface area contributed by atoms with Crippen LogP contribution in [0.3, 0.4) is 0 Å². The molecule has 0 aliphatic carbocycles. The van der Waals surface area contributed by atoms with Crippen LogP contribution in [0.4, 0.5) is 5.69 Å². The van der Waals surface area contributed by atoms with Crippen LogP contribution in [-0.2, 0) is 19.6 Å². The standard InChI is InChI=1S/C18H16ClN5O6S/c1-29-16-5-3-12(31(20,27)28)7-13(16)18(26)30-8-17(25)23-14-6-11(19)2-4-15(14)24-10-21-9-22-24/h2-7,9-10H,8H2,1H3,(H,23,25)(H2,20,27,28). The number of nitrogens with two attached hydrogens (primary N) is 1. The lowest BCUT2D eigenvalue weighted by Crippen LogP contribution is -2.22. The number of carbonyl (C=O) groups is 2. The van der Waals surface area contributed by atoms with Crippen molar-refractivity contribution in [3.8, 4) is 11.4 Å². The highest BCUT2D eigenvalue weighted by Gasteiger charge is 2.20. The van der Waals surface area contributed by atoms with Crippen LogP contribution in [-0.4, -0.2) is 48.8 Å². The molecule has 3 rings (SSSR count). The molecule has 0 atom stereocenters. The summed E-state index contributed by atoms with van der Waals surface area (Å²) in [6.07, 6.45) is 2.76. The molecule has 162 valence electrons. The van der Waals surface area contributed by atoms with Gasteiger partial charge >= 0.3 is 5.97 Å². The average Bonchev–Trinajstić information content (AvgIpc) is 3.25. The minimum atomic E-state index is -4.05. The minimum Gasteiger partial charge on any atom is -0.496 e. The molecule has 0 radical (unpaired) electrons. The first kappa shape index (κ1) is 22.2. The Hall–Kier alpha value is -3.48. The number of nitrogens with zero attached hydrogens (tertiary/aromatic N) is 3. The zero-order chi connectivity index (χ0) is 22.6. The van der Waals surface area contributed by atoms with Gasteiger partial charge in [-0.3, -0.25) is 4.79 Å². The number of esters is 1. The molecule has 13 heteroatoms. The second-order valence-corrected chi connectivity index (χ2v) is 8.03. The van der Waals surface area contributed by atoms with E-state index < -0.39 is 28.5 Å². The maximum Gasteiger partial charge on any atom is 0.342 e. The van der Waals surface area contributed by atoms with Crippen molar-refractivity contribution in [2.45, 2.75) is 4.90 Å². The van der Waals surface area contributed by atoms with Crippen molar-refractivity contribution in [3.63, 3.8) is 0 Å². The van der Waals surface area contributed by atoms with Gasteiger partial charge in [-0.15, -0.1) is 0 Å². The first-order valence-corrected chi connectivity index (χ1v) is 10.4. The van der Waals surface area contributed by atoms with Gasteiger partial charge in [0.05, 0.1) is 23.4 Å². The number of amides is 1. The van der Waals surface area contributed by atoms with E-state index in [1.54, 1.807) is 12.1 Å². The Morgan fingerprint density at radius 1 is 1.23 bits per heavy atom. The third kappa shape index (κ3) is 5.36. The number of nitrogens with one attached hydrogen (secondary N) is 1. The van der Waals surface area contributed by atoms with Crippen molar-refractivity contribution in [2.75, 3.05) is 19.0 Å². The molecule has 3 N–H and O–H groups in total. The predicted octanol–water partition coefficient (Wildman–Crippen LogP) is 1.37. The van der Waals surface area contributed by atoms with Crippen LogP contribution < -0.4 is 15.2 Å². The summed E-state index contributed by atoms with van der Waals surface area (Å²) in [5, 5.41) is 12.0. The summed E-state index contributed by atoms with van der Waals surface area (Å²) in [7, 11) is -2.76. The summed E-state index contributed by atoms with van der Waals surface area (Å²) < 4.78 is 34.5. The molecule has 1 heterocycles. The highest BCUT2D eigenvalue weighted by atomic mass is 35.5. The number of hydrogen-bond acceptors (Lipinski definition) is 8. The van der Waals surface area contributed by atoms with Crippen LogP contribution in [0.2, 0.25) is 5.02 Å². The second-order valence-electron chi connectivity index (χ2n) is 6.03. The van der Waals surface area contributed by atoms with E-state index in [0.717, 1.165) is 6.07 Å². The average molecular weight is 466 g/mol. The lowest BCUT2D eigenvalue weighted by Gasteiger charge is -2.12. The highest BCUT2D eigenvalue weighted by Crippen LogP contribution is 2.25. The molecule has 3 aromatic rings. The van der Waals surface area contributed by atoms with Gasteiger partial charge in [-0.2, -0.15) is 5.10 Å². The Kier molecular flexibility index (Phi) is 6.53. The molecule has 11 nitrogen and oxygen atoms in total. The molecule has 2 aromatic carbocycles. The van der Waals surface area contributed by atoms with E-state index in [0.29, 0.717) is 16.4 Å². The van der Waals surface area contributed by atoms with E-state index in [4.69, 9.17) is 26.2 Å². The van der Waals surface area contributed by atoms with Gasteiger partial charge in [-0.05, 0) is 36.4 Å². The highest BCUT2D eigenvalue weighted by molar-refractivity contribution is 7.89. The number of hydrogen-bond donors (Lipinski definition) is 2. The number of anilines is 1. The zero-order valence-corrected chi connectivity index (χ0v) is 17.6. The van der Waals surface area contributed by atoms with E-state index in [9.17, 15) is 18.0 Å². The monoisotopic (exact) mass is 465 g/mol. The van der Waals surface area contributed by atoms with Crippen molar-refractivity contribution in [1.82, 2.24) is 14.8 Å². The minimum absolute atomic E-state index is 0.0566. The van der Waals surface area contributed by atoms with Gasteiger partial charge in [0.25, 0.3) is 5.91 Å². The summed E-state index contributed by atoms with van der Waals surface area (Å²) in [6, 6.07) is 8.18. The van der Waals surface area contributed by atoms with Gasteiger partial charge in [-0.1, -0.05) is 11.6 Å². The van der Waals surface area contributed by atoms with Gasteiger partial charge in [0.1, 0.15) is 24.0 Å². The summed E-state index contributed by atoms with van der Waals surface area (Å²) in [4.78, 5) is 28.3. The maximum absolute atomic E-state index is 12.4. The Morgan fingerprint density at radius 3 is 2.65 bits per heavy atom. The van der Waals surface area contributed by atoms with Crippen molar-refractivity contribution < 1.29 is 27.5 Å². The third-order valence-corrected chi connectivity index (χ3v) is 5.10. The fraction of sp³-hybridized carbons (Fsp3) is 0.111. The van der Waals surface area contributed by atoms with Crippen LogP contribution in [0.5, 0.6) is 5.75 Å². The first-order chi connectivity index (χ1) is 14.7. The molecule has 0 saturated heterocycles. The molecule has 0 saturated carbocycles. The Labute approximate surface area is 181 Å². The number of rotatable bonds is 7. The number of sulfonamides is 1. The molecule has 0 unspecified atom stereocenters. The molecular weight excluding hydrogens is 450 g/mol. The molecule has 0 aliphatic heterocycles. The number of benzene rings is 2. The van der Waals surface area contributed by atoms with Gasteiger partial charge < -0.3 is 14.8 Å². The van der Waals surface area contributed by atoms with E-state index >= 15 is 0 Å². The molecule has 1 amide bonds. The second kappa shape index (κ2) is 9.12. The lowest BCUT2D eigenvalue weighted by molar-refractivity contribution is -0.119. The van der Waals surface area contributed by atoms with E-state index in [1.165, 1.54) is 42.6 Å². The summed E-state index contributed by atoms with van der Waals surface area (Å²) in [6.45, 7) is -0.662. The fourth-order valence-electron chi connectivity index (χ4n) is 2.56. The summed E-state index contributed by atoms with van der Waals surface area (Å²) in [5.74, 6) is -1.58. The van der Waals surface area contributed by atoms with Crippen molar-refractivity contribution in [2.24, 2.45) is 5.14 Å². The van der Waals surface area contributed by atoms with Gasteiger partial charge in [-0.25, -0.2) is 28.0 Å². The number of halogens is 1. The summed E-state index contributed by atoms with van der Waals surface area (Å²) >= 11 is 6.00. The smallest absolute Gasteiger partial charge is 0.342 e. The molecular formula is C18H16ClN5O6S. The van der Waals surface area contributed by atoms with Crippen molar-refractivity contribution in [1.29, 1.82) is 0 Å². The van der Waals surface area contributed by atoms with Gasteiger partial charge in [0.2, 0.25) is 10.0 Å². The quantitative estimate of drug-likeness (QED) is 0.495. The van der Waals surface area contributed by atoms with Crippen LogP contribution in [0.1, 0.15) is 10.4 Å². The molecule has 0 spiro atoms. The Morgan fingerprint density at radius 2 is 2.00 bits per heavy atom. The SMILES string of the molecule is COc1ccc(S(N)(=O)=O)cc1C(=O)OCC(=O)Nc1cc(Cl)ccc1-n1cncn1. The van der Waals surface area contributed by atoms with Gasteiger partial charge in [0.15, 0.2) is 6.61 Å². The molecule has 0 aliphatic rings. The number of aromatic nitrogens is 3. The van der Waals surface area contributed by atoms with Crippen LogP contribution in [0, 0.1) is 0 Å². The third-order valence-electron chi connectivity index (χ3n) is 3.95. The first-order valence-electron chi connectivity index (χ1n) is 8.51. The molecule has 1 aromatic heterocycles. The fourth-order valence-corrected chi connectivity index (χ4v) is 3.27. The largest absolute Gasteiger partial charge is 0.496 e. The lowest BCUT2D eigenvalue weighted by atomic mass is 10.2. The topological polar surface area (TPSA) is 156 Å². The van der Waals surface area contributed by atoms with Crippen LogP contribution >= 0.6 is 11.6 Å². The molecule has 31 heavy (non-hydrogen) atoms. The number of primary sulfonamides is 1. The Bertz CT molecular complexity index is 1230. The normalized spacial score (nSPS) is 11.1. The predicted molar refractivity (Wildman–Crippen MR) is 110 cm³/mol. The van der Waals surface area contributed by atoms with Crippen LogP contribution in [0.25, 0.3) is 5.69 Å². The van der Waals surface area contributed by atoms with E-state index in [1.807, 2.05) is 0 Å². The van der Waals surface area contributed by atoms with E-state index in [-0.39, 0.29) is 16.2 Å². The molecule has 0 bridgehead atoms. The van der Waals surface area contributed by atoms with Crippen LogP contribution in [0.15, 0.2) is 53.9 Å². The number of methoxy groups -OCH3 is 1. The Balaban J connectivity index is 1.74. The molecule has 0 fully saturated rings. The maximum atomic E-state index is 12.4.